The molecule has 0 fully saturated rings. The van der Waals surface area contributed by atoms with Gasteiger partial charge in [-0.05, 0) is 34.4 Å². The van der Waals surface area contributed by atoms with Crippen LogP contribution in [0.5, 0.6) is 0 Å². The number of fused-ring (bicyclic) bond motifs is 4. The lowest BCUT2D eigenvalue weighted by atomic mass is 9.98. The van der Waals surface area contributed by atoms with E-state index in [0.29, 0.717) is 0 Å². The van der Waals surface area contributed by atoms with Gasteiger partial charge in [-0.3, -0.25) is 14.5 Å². The van der Waals surface area contributed by atoms with Crippen LogP contribution in [0.2, 0.25) is 0 Å². The lowest BCUT2D eigenvalue weighted by Crippen LogP contribution is -2.45. The summed E-state index contributed by atoms with van der Waals surface area (Å²) in [4.78, 5) is 63.3. The van der Waals surface area contributed by atoms with Crippen LogP contribution in [0.15, 0.2) is 72.8 Å². The molecule has 0 radical (unpaired) electrons. The van der Waals surface area contributed by atoms with Crippen molar-refractivity contribution in [1.82, 2.24) is 10.2 Å². The highest BCUT2D eigenvalue weighted by atomic mass is 16.5. The molecule has 10 heteroatoms. The third-order valence-corrected chi connectivity index (χ3v) is 7.27. The summed E-state index contributed by atoms with van der Waals surface area (Å²) >= 11 is 0. The molecular weight excluding hydrogens is 540 g/mol. The predicted octanol–water partition coefficient (Wildman–Crippen LogP) is 3.60. The van der Waals surface area contributed by atoms with E-state index in [1.54, 1.807) is 12.1 Å². The fourth-order valence-corrected chi connectivity index (χ4v) is 5.23. The normalized spacial score (nSPS) is 14.5. The lowest BCUT2D eigenvalue weighted by molar-refractivity contribution is -0.145. The number of carbonyl (C=O) groups excluding carboxylic acids is 4. The molecule has 42 heavy (non-hydrogen) atoms. The number of hydrogen-bond donors (Lipinski definition) is 2. The number of carboxylic acid groups (broad SMARTS) is 1. The molecule has 0 saturated heterocycles. The summed E-state index contributed by atoms with van der Waals surface area (Å²) in [6.07, 6.45) is -1.50. The number of nitrogens with zero attached hydrogens (tertiary/aromatic N) is 1. The van der Waals surface area contributed by atoms with Gasteiger partial charge < -0.3 is 19.9 Å². The second-order valence-corrected chi connectivity index (χ2v) is 9.69. The van der Waals surface area contributed by atoms with Crippen LogP contribution in [0.1, 0.15) is 50.6 Å². The first kappa shape index (κ1) is 28.1. The van der Waals surface area contributed by atoms with Gasteiger partial charge in [0.2, 0.25) is 0 Å². The van der Waals surface area contributed by atoms with Gasteiger partial charge in [-0.2, -0.15) is 0 Å². The second kappa shape index (κ2) is 12.0. The van der Waals surface area contributed by atoms with E-state index in [-0.39, 0.29) is 36.5 Å². The molecule has 0 unspecified atom stereocenters. The van der Waals surface area contributed by atoms with Gasteiger partial charge in [-0.25, -0.2) is 14.4 Å². The zero-order valence-electron chi connectivity index (χ0n) is 22.5. The Morgan fingerprint density at radius 2 is 1.33 bits per heavy atom. The van der Waals surface area contributed by atoms with Crippen LogP contribution in [0.4, 0.5) is 4.79 Å². The van der Waals surface area contributed by atoms with E-state index in [2.05, 4.69) is 17.2 Å². The van der Waals surface area contributed by atoms with E-state index in [9.17, 15) is 29.1 Å². The van der Waals surface area contributed by atoms with Crippen molar-refractivity contribution in [3.8, 4) is 23.0 Å². The molecule has 3 amide bonds. The van der Waals surface area contributed by atoms with Crippen molar-refractivity contribution >= 4 is 29.8 Å². The van der Waals surface area contributed by atoms with Gasteiger partial charge in [0.05, 0.1) is 18.2 Å². The summed E-state index contributed by atoms with van der Waals surface area (Å²) < 4.78 is 10.2. The SMILES string of the molecule is COC(=O)[C@H](CC#CC[C@H](NC(=O)OCC1c2ccccc2-c2ccccc21)C(=O)O)N1C(=O)c2ccccc2C1=O. The Morgan fingerprint density at radius 1 is 0.833 bits per heavy atom. The first-order valence-electron chi connectivity index (χ1n) is 13.2. The number of amides is 3. The Balaban J connectivity index is 1.21. The quantitative estimate of drug-likeness (QED) is 0.240. The maximum atomic E-state index is 12.8. The van der Waals surface area contributed by atoms with Crippen molar-refractivity contribution in [2.24, 2.45) is 0 Å². The van der Waals surface area contributed by atoms with E-state index in [0.717, 1.165) is 34.3 Å². The molecular formula is C32H26N2O8. The molecule has 212 valence electrons. The highest BCUT2D eigenvalue weighted by Gasteiger charge is 2.42. The summed E-state index contributed by atoms with van der Waals surface area (Å²) in [6, 6.07) is 19.1. The zero-order chi connectivity index (χ0) is 29.8. The number of rotatable bonds is 8. The number of aliphatic carboxylic acids is 1. The maximum absolute atomic E-state index is 12.8. The summed E-state index contributed by atoms with van der Waals surface area (Å²) in [5.74, 6) is 1.62. The van der Waals surface area contributed by atoms with Crippen molar-refractivity contribution in [3.63, 3.8) is 0 Å². The van der Waals surface area contributed by atoms with Gasteiger partial charge in [0, 0.05) is 18.8 Å². The first-order valence-corrected chi connectivity index (χ1v) is 13.2. The number of methoxy groups -OCH3 is 1. The van der Waals surface area contributed by atoms with E-state index in [1.165, 1.54) is 12.1 Å². The predicted molar refractivity (Wildman–Crippen MR) is 149 cm³/mol. The Hall–Kier alpha value is -5.43. The standard InChI is InChI=1S/C32H26N2O8/c1-41-31(39)27(34-28(35)23-14-6-7-15-24(23)29(34)36)17-9-8-16-26(30(37)38)33-32(40)42-18-25-21-12-4-2-10-19(21)20-11-3-5-13-22(20)25/h2-7,10-15,25-27H,16-18H2,1H3,(H,33,40)(H,37,38)/t26-,27-/m0/s1. The molecule has 0 bridgehead atoms. The first-order chi connectivity index (χ1) is 20.3. The number of benzene rings is 3. The summed E-state index contributed by atoms with van der Waals surface area (Å²) in [6.45, 7) is 0.0129. The summed E-state index contributed by atoms with van der Waals surface area (Å²) in [5.41, 5.74) is 4.50. The zero-order valence-corrected chi connectivity index (χ0v) is 22.5. The fourth-order valence-electron chi connectivity index (χ4n) is 5.23. The number of carbonyl (C=O) groups is 5. The number of alkyl carbamates (subject to hydrolysis) is 1. The molecule has 2 aliphatic rings. The molecule has 3 aromatic rings. The molecule has 3 aromatic carbocycles. The lowest BCUT2D eigenvalue weighted by Gasteiger charge is -2.22. The Labute approximate surface area is 241 Å². The Kier molecular flexibility index (Phi) is 8.02. The van der Waals surface area contributed by atoms with Crippen LogP contribution < -0.4 is 5.32 Å². The minimum Gasteiger partial charge on any atom is -0.480 e. The number of esters is 1. The molecule has 0 saturated carbocycles. The molecule has 10 nitrogen and oxygen atoms in total. The third-order valence-electron chi connectivity index (χ3n) is 7.27. The van der Waals surface area contributed by atoms with E-state index < -0.39 is 41.9 Å². The van der Waals surface area contributed by atoms with Crippen molar-refractivity contribution in [2.75, 3.05) is 13.7 Å². The molecule has 2 N–H and O–H groups in total. The van der Waals surface area contributed by atoms with Crippen LogP contribution in [-0.2, 0) is 19.1 Å². The molecule has 2 atom stereocenters. The smallest absolute Gasteiger partial charge is 0.407 e. The molecule has 0 aromatic heterocycles. The Morgan fingerprint density at radius 3 is 1.86 bits per heavy atom. The number of hydrogen-bond acceptors (Lipinski definition) is 7. The number of carboxylic acids is 1. The monoisotopic (exact) mass is 566 g/mol. The van der Waals surface area contributed by atoms with Gasteiger partial charge in [0.15, 0.2) is 0 Å². The van der Waals surface area contributed by atoms with Crippen molar-refractivity contribution in [1.29, 1.82) is 0 Å². The van der Waals surface area contributed by atoms with Crippen LogP contribution in [0.3, 0.4) is 0 Å². The Bertz CT molecular complexity index is 1570. The third kappa shape index (κ3) is 5.32. The van der Waals surface area contributed by atoms with Crippen LogP contribution in [0, 0.1) is 11.8 Å². The largest absolute Gasteiger partial charge is 0.480 e. The van der Waals surface area contributed by atoms with E-state index in [1.807, 2.05) is 48.5 Å². The van der Waals surface area contributed by atoms with Crippen LogP contribution in [-0.4, -0.2) is 65.7 Å². The summed E-state index contributed by atoms with van der Waals surface area (Å²) in [7, 11) is 1.12. The van der Waals surface area contributed by atoms with Gasteiger partial charge in [-0.1, -0.05) is 60.7 Å². The van der Waals surface area contributed by atoms with Gasteiger partial charge in [-0.15, -0.1) is 11.8 Å². The van der Waals surface area contributed by atoms with Crippen molar-refractivity contribution in [3.05, 3.63) is 95.1 Å². The highest BCUT2D eigenvalue weighted by Crippen LogP contribution is 2.44. The van der Waals surface area contributed by atoms with Crippen LogP contribution >= 0.6 is 0 Å². The van der Waals surface area contributed by atoms with Gasteiger partial charge in [0.25, 0.3) is 11.8 Å². The second-order valence-electron chi connectivity index (χ2n) is 9.69. The summed E-state index contributed by atoms with van der Waals surface area (Å²) in [5, 5.41) is 11.9. The maximum Gasteiger partial charge on any atom is 0.407 e. The number of nitrogens with one attached hydrogen (secondary N) is 1. The average molecular weight is 567 g/mol. The molecule has 1 aliphatic carbocycles. The highest BCUT2D eigenvalue weighted by molar-refractivity contribution is 6.22. The molecule has 1 aliphatic heterocycles. The van der Waals surface area contributed by atoms with E-state index >= 15 is 0 Å². The van der Waals surface area contributed by atoms with Crippen molar-refractivity contribution < 1.29 is 38.6 Å². The molecule has 5 rings (SSSR count). The number of imide groups is 1. The fraction of sp³-hybridized carbons (Fsp3) is 0.219. The van der Waals surface area contributed by atoms with Crippen LogP contribution in [0.25, 0.3) is 11.1 Å². The van der Waals surface area contributed by atoms with Crippen molar-refractivity contribution in [2.45, 2.75) is 30.8 Å². The number of ether oxygens (including phenoxy) is 2. The topological polar surface area (TPSA) is 139 Å². The average Bonchev–Trinajstić information content (AvgIpc) is 3.46. The molecule has 1 heterocycles. The minimum atomic E-state index is -1.40. The van der Waals surface area contributed by atoms with E-state index in [4.69, 9.17) is 9.47 Å². The minimum absolute atomic E-state index is 0.0129. The molecule has 0 spiro atoms. The van der Waals surface area contributed by atoms with Gasteiger partial charge >= 0.3 is 18.0 Å². The van der Waals surface area contributed by atoms with Gasteiger partial charge in [0.1, 0.15) is 18.7 Å².